The molecule has 0 aliphatic rings. The molecule has 1 aromatic heterocycles. The predicted octanol–water partition coefficient (Wildman–Crippen LogP) is 5.88. The second-order valence-corrected chi connectivity index (χ2v) is 8.22. The van der Waals surface area contributed by atoms with Gasteiger partial charge in [0.2, 0.25) is 0 Å². The van der Waals surface area contributed by atoms with E-state index in [2.05, 4.69) is 10.2 Å². The van der Waals surface area contributed by atoms with Gasteiger partial charge in [-0.05, 0) is 31.2 Å². The van der Waals surface area contributed by atoms with Crippen molar-refractivity contribution >= 4 is 29.1 Å². The molecule has 4 rings (SSSR count). The molecule has 0 fully saturated rings. The minimum atomic E-state index is 0.0267. The first-order valence-electron chi connectivity index (χ1n) is 9.65. The largest absolute Gasteiger partial charge is 0.495 e. The van der Waals surface area contributed by atoms with E-state index in [0.717, 1.165) is 16.8 Å². The number of carbonyl (C=O) groups is 1. The van der Waals surface area contributed by atoms with Crippen LogP contribution in [0.25, 0.3) is 17.1 Å². The second kappa shape index (κ2) is 9.37. The zero-order chi connectivity index (χ0) is 21.8. The fraction of sp³-hybridized carbons (Fsp3) is 0.125. The molecule has 0 bridgehead atoms. The van der Waals surface area contributed by atoms with Crippen LogP contribution in [0.5, 0.6) is 5.75 Å². The van der Waals surface area contributed by atoms with Crippen LogP contribution in [-0.2, 0) is 0 Å². The normalized spacial score (nSPS) is 10.8. The quantitative estimate of drug-likeness (QED) is 0.260. The Labute approximate surface area is 190 Å². The third kappa shape index (κ3) is 4.50. The summed E-state index contributed by atoms with van der Waals surface area (Å²) in [6.45, 7) is 2.00. The van der Waals surface area contributed by atoms with Crippen molar-refractivity contribution in [2.24, 2.45) is 0 Å². The lowest BCUT2D eigenvalue weighted by molar-refractivity contribution is 0.102. The van der Waals surface area contributed by atoms with Crippen molar-refractivity contribution in [1.82, 2.24) is 14.8 Å². The van der Waals surface area contributed by atoms with Gasteiger partial charge in [-0.25, -0.2) is 0 Å². The van der Waals surface area contributed by atoms with Crippen LogP contribution in [0, 0.1) is 6.92 Å². The lowest BCUT2D eigenvalue weighted by atomic mass is 10.1. The van der Waals surface area contributed by atoms with Gasteiger partial charge >= 0.3 is 0 Å². The van der Waals surface area contributed by atoms with Crippen LogP contribution < -0.4 is 4.74 Å². The van der Waals surface area contributed by atoms with E-state index < -0.39 is 0 Å². The SMILES string of the molecule is COc1ccccc1-n1c(SCC(=O)c2ccc(C)cc2)nnc1-c1ccccc1Cl. The Balaban J connectivity index is 1.73. The molecule has 0 amide bonds. The standard InChI is InChI=1S/C24H20ClN3O2S/c1-16-11-13-17(14-12-16)21(29)15-31-24-27-26-23(18-7-3-4-8-19(18)25)28(24)20-9-5-6-10-22(20)30-2/h3-14H,15H2,1-2H3. The highest BCUT2D eigenvalue weighted by molar-refractivity contribution is 7.99. The van der Waals surface area contributed by atoms with Crippen molar-refractivity contribution in [3.8, 4) is 22.8 Å². The van der Waals surface area contributed by atoms with Crippen LogP contribution in [0.1, 0.15) is 15.9 Å². The van der Waals surface area contributed by atoms with Crippen molar-refractivity contribution in [3.63, 3.8) is 0 Å². The Hall–Kier alpha value is -3.09. The summed E-state index contributed by atoms with van der Waals surface area (Å²) >= 11 is 7.78. The van der Waals surface area contributed by atoms with Gasteiger partial charge in [0.1, 0.15) is 5.75 Å². The van der Waals surface area contributed by atoms with E-state index in [4.69, 9.17) is 16.3 Å². The average Bonchev–Trinajstić information content (AvgIpc) is 3.21. The number of aromatic nitrogens is 3. The number of hydrogen-bond donors (Lipinski definition) is 0. The number of thioether (sulfide) groups is 1. The molecule has 0 atom stereocenters. The van der Waals surface area contributed by atoms with Crippen LogP contribution in [0.15, 0.2) is 78.0 Å². The monoisotopic (exact) mass is 449 g/mol. The van der Waals surface area contributed by atoms with Crippen LogP contribution in [0.2, 0.25) is 5.02 Å². The number of methoxy groups -OCH3 is 1. The van der Waals surface area contributed by atoms with Gasteiger partial charge in [0.15, 0.2) is 16.8 Å². The second-order valence-electron chi connectivity index (χ2n) is 6.87. The number of nitrogens with zero attached hydrogens (tertiary/aromatic N) is 3. The van der Waals surface area contributed by atoms with E-state index in [0.29, 0.717) is 27.3 Å². The summed E-state index contributed by atoms with van der Waals surface area (Å²) in [5.41, 5.74) is 3.31. The molecule has 31 heavy (non-hydrogen) atoms. The maximum absolute atomic E-state index is 12.7. The number of hydrogen-bond acceptors (Lipinski definition) is 5. The number of halogens is 1. The molecule has 156 valence electrons. The molecule has 0 aliphatic heterocycles. The van der Waals surface area contributed by atoms with E-state index in [1.165, 1.54) is 11.8 Å². The van der Waals surface area contributed by atoms with Gasteiger partial charge in [-0.3, -0.25) is 9.36 Å². The van der Waals surface area contributed by atoms with Crippen molar-refractivity contribution < 1.29 is 9.53 Å². The third-order valence-electron chi connectivity index (χ3n) is 4.78. The Morgan fingerprint density at radius 2 is 1.71 bits per heavy atom. The lowest BCUT2D eigenvalue weighted by Crippen LogP contribution is -2.06. The zero-order valence-electron chi connectivity index (χ0n) is 17.1. The molecule has 7 heteroatoms. The molecule has 0 spiro atoms. The fourth-order valence-corrected chi connectivity index (χ4v) is 4.22. The summed E-state index contributed by atoms with van der Waals surface area (Å²) in [5.74, 6) is 1.51. The van der Waals surface area contributed by atoms with Crippen LogP contribution in [-0.4, -0.2) is 33.4 Å². The Bertz CT molecular complexity index is 1220. The van der Waals surface area contributed by atoms with Gasteiger partial charge in [-0.15, -0.1) is 10.2 Å². The summed E-state index contributed by atoms with van der Waals surface area (Å²) in [5, 5.41) is 9.93. The molecule has 5 nitrogen and oxygen atoms in total. The molecule has 3 aromatic carbocycles. The van der Waals surface area contributed by atoms with Gasteiger partial charge < -0.3 is 4.74 Å². The molecule has 0 aliphatic carbocycles. The number of carbonyl (C=O) groups excluding carboxylic acids is 1. The first kappa shape index (κ1) is 21.2. The molecule has 0 unspecified atom stereocenters. The number of ketones is 1. The van der Waals surface area contributed by atoms with Gasteiger partial charge in [0, 0.05) is 11.1 Å². The van der Waals surface area contributed by atoms with E-state index in [1.54, 1.807) is 7.11 Å². The highest BCUT2D eigenvalue weighted by Gasteiger charge is 2.21. The van der Waals surface area contributed by atoms with E-state index in [-0.39, 0.29) is 11.5 Å². The van der Waals surface area contributed by atoms with E-state index >= 15 is 0 Å². The number of para-hydroxylation sites is 2. The Kier molecular flexibility index (Phi) is 6.39. The molecule has 0 N–H and O–H groups in total. The Morgan fingerprint density at radius 1 is 1.00 bits per heavy atom. The fourth-order valence-electron chi connectivity index (χ4n) is 3.16. The molecule has 4 aromatic rings. The summed E-state index contributed by atoms with van der Waals surface area (Å²) in [6, 6.07) is 22.6. The van der Waals surface area contributed by atoms with Crippen molar-refractivity contribution in [3.05, 3.63) is 88.9 Å². The number of rotatable bonds is 7. The summed E-state index contributed by atoms with van der Waals surface area (Å²) < 4.78 is 7.45. The van der Waals surface area contributed by atoms with Crippen LogP contribution >= 0.6 is 23.4 Å². The maximum Gasteiger partial charge on any atom is 0.196 e. The number of Topliss-reactive ketones (excluding diaryl/α,β-unsaturated/α-hetero) is 1. The molecular formula is C24H20ClN3O2S. The molecular weight excluding hydrogens is 430 g/mol. The molecule has 0 radical (unpaired) electrons. The smallest absolute Gasteiger partial charge is 0.196 e. The highest BCUT2D eigenvalue weighted by atomic mass is 35.5. The van der Waals surface area contributed by atoms with Crippen molar-refractivity contribution in [2.45, 2.75) is 12.1 Å². The average molecular weight is 450 g/mol. The highest BCUT2D eigenvalue weighted by Crippen LogP contribution is 2.35. The molecule has 0 saturated carbocycles. The van der Waals surface area contributed by atoms with E-state index in [9.17, 15) is 4.79 Å². The first-order valence-corrected chi connectivity index (χ1v) is 11.0. The molecule has 0 saturated heterocycles. The molecule has 1 heterocycles. The van der Waals surface area contributed by atoms with Crippen LogP contribution in [0.4, 0.5) is 0 Å². The minimum Gasteiger partial charge on any atom is -0.495 e. The van der Waals surface area contributed by atoms with Gasteiger partial charge in [-0.1, -0.05) is 77.5 Å². The summed E-state index contributed by atoms with van der Waals surface area (Å²) in [6.07, 6.45) is 0. The minimum absolute atomic E-state index is 0.0267. The van der Waals surface area contributed by atoms with E-state index in [1.807, 2.05) is 84.3 Å². The zero-order valence-corrected chi connectivity index (χ0v) is 18.7. The maximum atomic E-state index is 12.7. The van der Waals surface area contributed by atoms with Gasteiger partial charge in [0.25, 0.3) is 0 Å². The number of aryl methyl sites for hydroxylation is 1. The Morgan fingerprint density at radius 3 is 2.45 bits per heavy atom. The van der Waals surface area contributed by atoms with Crippen LogP contribution in [0.3, 0.4) is 0 Å². The van der Waals surface area contributed by atoms with Crippen molar-refractivity contribution in [1.29, 1.82) is 0 Å². The first-order chi connectivity index (χ1) is 15.1. The number of ether oxygens (including phenoxy) is 1. The topological polar surface area (TPSA) is 57.0 Å². The summed E-state index contributed by atoms with van der Waals surface area (Å²) in [4.78, 5) is 12.7. The van der Waals surface area contributed by atoms with Gasteiger partial charge in [0.05, 0.1) is 23.6 Å². The van der Waals surface area contributed by atoms with Gasteiger partial charge in [-0.2, -0.15) is 0 Å². The third-order valence-corrected chi connectivity index (χ3v) is 6.04. The van der Waals surface area contributed by atoms with Crippen molar-refractivity contribution in [2.75, 3.05) is 12.9 Å². The lowest BCUT2D eigenvalue weighted by Gasteiger charge is -2.14. The number of benzene rings is 3. The predicted molar refractivity (Wildman–Crippen MR) is 125 cm³/mol. The summed E-state index contributed by atoms with van der Waals surface area (Å²) in [7, 11) is 1.62.